The third-order valence-electron chi connectivity index (χ3n) is 11.5. The summed E-state index contributed by atoms with van der Waals surface area (Å²) in [5, 5.41) is 0. The molecular formula is C39H53N5O4. The number of fused-ring (bicyclic) bond motifs is 3. The molecule has 2 amide bonds. The molecule has 1 N–H and O–H groups in total. The first-order chi connectivity index (χ1) is 22.7. The number of amides is 2. The van der Waals surface area contributed by atoms with Gasteiger partial charge in [0.2, 0.25) is 0 Å². The third kappa shape index (κ3) is 6.29. The highest BCUT2D eigenvalue weighted by Gasteiger charge is 2.51. The minimum atomic E-state index is -0.512. The van der Waals surface area contributed by atoms with Crippen molar-refractivity contribution < 1.29 is 19.1 Å². The average Bonchev–Trinajstić information content (AvgIpc) is 3.86. The van der Waals surface area contributed by atoms with Crippen LogP contribution in [0.15, 0.2) is 41.7 Å². The number of imidazole rings is 1. The lowest BCUT2D eigenvalue weighted by Crippen LogP contribution is -2.46. The number of hydrogen-bond acceptors (Lipinski definition) is 6. The Morgan fingerprint density at radius 3 is 1.92 bits per heavy atom. The molecule has 3 saturated carbocycles. The largest absolute Gasteiger partial charge is 0.444 e. The van der Waals surface area contributed by atoms with E-state index in [1.807, 2.05) is 57.5 Å². The number of benzene rings is 1. The maximum Gasteiger partial charge on any atom is 0.410 e. The molecule has 9 nitrogen and oxygen atoms in total. The summed E-state index contributed by atoms with van der Waals surface area (Å²) in [6.07, 6.45) is 15.1. The van der Waals surface area contributed by atoms with Crippen LogP contribution in [0.3, 0.4) is 0 Å². The van der Waals surface area contributed by atoms with E-state index in [1.165, 1.54) is 41.7 Å². The van der Waals surface area contributed by atoms with Gasteiger partial charge in [-0.05, 0) is 128 Å². The fraction of sp³-hybridized carbons (Fsp3) is 0.641. The summed E-state index contributed by atoms with van der Waals surface area (Å²) in [4.78, 5) is 42.9. The van der Waals surface area contributed by atoms with Crippen LogP contribution in [0.1, 0.15) is 141 Å². The van der Waals surface area contributed by atoms with Crippen LogP contribution in [-0.2, 0) is 20.3 Å². The van der Waals surface area contributed by atoms with Gasteiger partial charge < -0.3 is 14.5 Å². The number of nitrogens with zero attached hydrogens (tertiary/aromatic N) is 4. The molecule has 2 saturated heterocycles. The molecule has 258 valence electrons. The van der Waals surface area contributed by atoms with E-state index in [-0.39, 0.29) is 35.1 Å². The predicted octanol–water partition coefficient (Wildman–Crippen LogP) is 8.61. The van der Waals surface area contributed by atoms with E-state index in [1.54, 1.807) is 0 Å². The van der Waals surface area contributed by atoms with Crippen LogP contribution >= 0.6 is 0 Å². The summed E-state index contributed by atoms with van der Waals surface area (Å²) >= 11 is 0. The van der Waals surface area contributed by atoms with Crippen molar-refractivity contribution in [2.24, 2.45) is 4.99 Å². The Kier molecular flexibility index (Phi) is 8.27. The summed E-state index contributed by atoms with van der Waals surface area (Å²) < 4.78 is 11.4. The maximum atomic E-state index is 12.9. The number of rotatable bonds is 5. The molecule has 2 aromatic rings. The quantitative estimate of drug-likeness (QED) is 0.348. The normalized spacial score (nSPS) is 28.9. The van der Waals surface area contributed by atoms with E-state index >= 15 is 0 Å². The second kappa shape index (κ2) is 12.1. The first kappa shape index (κ1) is 32.9. The van der Waals surface area contributed by atoms with Crippen molar-refractivity contribution in [1.82, 2.24) is 19.8 Å². The van der Waals surface area contributed by atoms with Crippen LogP contribution < -0.4 is 0 Å². The van der Waals surface area contributed by atoms with Crippen LogP contribution in [-0.4, -0.2) is 68.0 Å². The standard InChI is InChI=1S/C39H53N5O4/c1-36(2,3)47-34(45)43-21-7-9-30(43)29-23-27(24-40-29)26-11-13-28(14-12-26)38-15-18-39(19-16-38,20-17-38)32-25-41-33(42-32)31-10-8-22-44(31)35(46)48-37(4,5)6/h11-14,24-25,30-31H,7-10,15-23H2,1-6H3,(H,41,42)/t30-,31-,38?,39?/m0/s1. The van der Waals surface area contributed by atoms with Crippen molar-refractivity contribution in [3.05, 3.63) is 59.3 Å². The van der Waals surface area contributed by atoms with E-state index in [9.17, 15) is 9.59 Å². The Bertz CT molecular complexity index is 1580. The zero-order valence-electron chi connectivity index (χ0n) is 29.7. The molecule has 3 aliphatic heterocycles. The Balaban J connectivity index is 0.970. The lowest BCUT2D eigenvalue weighted by molar-refractivity contribution is 0.0216. The first-order valence-electron chi connectivity index (χ1n) is 18.2. The molecule has 2 bridgehead atoms. The fourth-order valence-corrected chi connectivity index (χ4v) is 8.91. The zero-order valence-corrected chi connectivity index (χ0v) is 29.7. The van der Waals surface area contributed by atoms with Gasteiger partial charge in [0.05, 0.1) is 12.1 Å². The molecule has 2 atom stereocenters. The van der Waals surface area contributed by atoms with Crippen molar-refractivity contribution in [2.45, 2.75) is 146 Å². The fourth-order valence-electron chi connectivity index (χ4n) is 8.91. The number of hydrogen-bond donors (Lipinski definition) is 1. The summed E-state index contributed by atoms with van der Waals surface area (Å²) in [6, 6.07) is 9.25. The number of H-pyrrole nitrogens is 1. The smallest absolute Gasteiger partial charge is 0.410 e. The number of aromatic amines is 1. The number of ether oxygens (including phenoxy) is 2. The molecule has 0 unspecified atom stereocenters. The molecule has 1 aromatic heterocycles. The topological polar surface area (TPSA) is 100 Å². The van der Waals surface area contributed by atoms with Crippen molar-refractivity contribution >= 4 is 23.5 Å². The van der Waals surface area contributed by atoms with Crippen LogP contribution in [0.25, 0.3) is 5.57 Å². The number of carbonyl (C=O) groups excluding carboxylic acids is 2. The van der Waals surface area contributed by atoms with E-state index < -0.39 is 11.2 Å². The second-order valence-corrected chi connectivity index (χ2v) is 16.9. The van der Waals surface area contributed by atoms with Gasteiger partial charge in [-0.15, -0.1) is 0 Å². The van der Waals surface area contributed by atoms with Gasteiger partial charge in [-0.1, -0.05) is 24.3 Å². The van der Waals surface area contributed by atoms with Gasteiger partial charge in [-0.2, -0.15) is 0 Å². The molecule has 4 heterocycles. The molecule has 8 rings (SSSR count). The highest BCUT2D eigenvalue weighted by Crippen LogP contribution is 2.58. The predicted molar refractivity (Wildman–Crippen MR) is 187 cm³/mol. The molecule has 48 heavy (non-hydrogen) atoms. The molecule has 9 heteroatoms. The number of carbonyl (C=O) groups is 2. The van der Waals surface area contributed by atoms with Gasteiger partial charge in [0.25, 0.3) is 0 Å². The van der Waals surface area contributed by atoms with Crippen molar-refractivity contribution in [1.29, 1.82) is 0 Å². The summed E-state index contributed by atoms with van der Waals surface area (Å²) in [5.74, 6) is 0.902. The average molecular weight is 656 g/mol. The van der Waals surface area contributed by atoms with Crippen molar-refractivity contribution in [3.63, 3.8) is 0 Å². The third-order valence-corrected chi connectivity index (χ3v) is 11.5. The van der Waals surface area contributed by atoms with Crippen LogP contribution in [0, 0.1) is 0 Å². The van der Waals surface area contributed by atoms with Crippen molar-refractivity contribution in [3.8, 4) is 0 Å². The van der Waals surface area contributed by atoms with Gasteiger partial charge in [0, 0.05) is 48.7 Å². The van der Waals surface area contributed by atoms with Gasteiger partial charge in [-0.3, -0.25) is 14.8 Å². The molecule has 0 radical (unpaired) electrons. The van der Waals surface area contributed by atoms with Gasteiger partial charge >= 0.3 is 12.2 Å². The van der Waals surface area contributed by atoms with E-state index in [0.29, 0.717) is 6.54 Å². The van der Waals surface area contributed by atoms with E-state index in [2.05, 4.69) is 35.4 Å². The Hall–Kier alpha value is -3.62. The lowest BCUT2D eigenvalue weighted by Gasteiger charge is -2.53. The first-order valence-corrected chi connectivity index (χ1v) is 18.2. The zero-order chi connectivity index (χ0) is 33.9. The Morgan fingerprint density at radius 2 is 1.33 bits per heavy atom. The molecule has 1 aromatic carbocycles. The minimum absolute atomic E-state index is 0.0181. The summed E-state index contributed by atoms with van der Waals surface area (Å²) in [5.41, 5.74) is 5.55. The summed E-state index contributed by atoms with van der Waals surface area (Å²) in [7, 11) is 0. The van der Waals surface area contributed by atoms with Gasteiger partial charge in [-0.25, -0.2) is 14.6 Å². The monoisotopic (exact) mass is 655 g/mol. The number of nitrogens with one attached hydrogen (secondary N) is 1. The van der Waals surface area contributed by atoms with Crippen LogP contribution in [0.2, 0.25) is 0 Å². The summed E-state index contributed by atoms with van der Waals surface area (Å²) in [6.45, 7) is 12.9. The minimum Gasteiger partial charge on any atom is -0.444 e. The Labute approximate surface area is 285 Å². The Morgan fingerprint density at radius 1 is 0.792 bits per heavy atom. The number of likely N-dealkylation sites (tertiary alicyclic amines) is 2. The molecular weight excluding hydrogens is 602 g/mol. The molecule has 3 aliphatic carbocycles. The van der Waals surface area contributed by atoms with Gasteiger partial charge in [0.1, 0.15) is 17.0 Å². The number of allylic oxidation sites excluding steroid dienone is 1. The molecule has 5 fully saturated rings. The SMILES string of the molecule is CC(C)(C)OC(=O)N1CCC[C@H]1C1=NC=C(c2ccc(C34CCC(c5cnc([C@@H]6CCCN6C(=O)OC(C)(C)C)[nH]5)(CC3)CC4)cc2)C1. The van der Waals surface area contributed by atoms with Crippen LogP contribution in [0.4, 0.5) is 9.59 Å². The maximum absolute atomic E-state index is 12.9. The number of aliphatic imine (C=N–C) groups is 1. The van der Waals surface area contributed by atoms with E-state index in [4.69, 9.17) is 19.5 Å². The van der Waals surface area contributed by atoms with E-state index in [0.717, 1.165) is 69.4 Å². The second-order valence-electron chi connectivity index (χ2n) is 16.9. The highest BCUT2D eigenvalue weighted by atomic mass is 16.6. The van der Waals surface area contributed by atoms with Gasteiger partial charge in [0.15, 0.2) is 0 Å². The highest BCUT2D eigenvalue weighted by molar-refractivity contribution is 6.02. The molecule has 0 spiro atoms. The van der Waals surface area contributed by atoms with Crippen molar-refractivity contribution in [2.75, 3.05) is 13.1 Å². The lowest BCUT2D eigenvalue weighted by atomic mass is 9.51. The molecule has 6 aliphatic rings. The van der Waals surface area contributed by atoms with Crippen LogP contribution in [0.5, 0.6) is 0 Å². The number of aromatic nitrogens is 2.